The van der Waals surface area contributed by atoms with E-state index in [0.29, 0.717) is 5.69 Å². The average molecular weight is 236 g/mol. The highest BCUT2D eigenvalue weighted by atomic mass is 16.3. The largest absolute Gasteiger partial charge is 0.506 e. The van der Waals surface area contributed by atoms with E-state index in [1.54, 1.807) is 6.07 Å². The van der Waals surface area contributed by atoms with E-state index in [-0.39, 0.29) is 5.75 Å². The van der Waals surface area contributed by atoms with Crippen LogP contribution in [0.1, 0.15) is 25.3 Å². The summed E-state index contributed by atoms with van der Waals surface area (Å²) in [5.41, 5.74) is 6.67. The van der Waals surface area contributed by atoms with Gasteiger partial charge in [-0.3, -0.25) is 4.90 Å². The van der Waals surface area contributed by atoms with Crippen molar-refractivity contribution in [3.8, 4) is 5.75 Å². The molecule has 17 heavy (non-hydrogen) atoms. The molecule has 1 aromatic carbocycles. The molecule has 0 aliphatic carbocycles. The molecule has 0 spiro atoms. The number of nitrogen functional groups attached to an aromatic ring is 1. The maximum atomic E-state index is 9.86. The highest BCUT2D eigenvalue weighted by molar-refractivity contribution is 5.53. The molecule has 0 aromatic heterocycles. The summed E-state index contributed by atoms with van der Waals surface area (Å²) >= 11 is 0. The van der Waals surface area contributed by atoms with Crippen molar-refractivity contribution in [2.45, 2.75) is 31.9 Å². The first-order chi connectivity index (χ1) is 7.96. The number of hydrogen-bond donors (Lipinski definition) is 3. The van der Waals surface area contributed by atoms with Crippen LogP contribution >= 0.6 is 0 Å². The van der Waals surface area contributed by atoms with Gasteiger partial charge < -0.3 is 15.9 Å². The van der Waals surface area contributed by atoms with Gasteiger partial charge in [0.2, 0.25) is 0 Å². The van der Waals surface area contributed by atoms with Crippen LogP contribution in [0.15, 0.2) is 18.2 Å². The number of hydrogen-bond acceptors (Lipinski definition) is 4. The van der Waals surface area contributed by atoms with E-state index in [9.17, 15) is 10.2 Å². The first kappa shape index (κ1) is 12.2. The second kappa shape index (κ2) is 4.55. The standard InChI is InChI=1S/C13H20N2O2/c1-13(17)4-6-15(7-5-13)9-10-2-3-12(16)11(14)8-10/h2-3,8,16-17H,4-7,9,14H2,1H3. The van der Waals surface area contributed by atoms with Crippen LogP contribution in [-0.2, 0) is 6.54 Å². The average Bonchev–Trinajstić information content (AvgIpc) is 2.27. The lowest BCUT2D eigenvalue weighted by Crippen LogP contribution is -2.41. The van der Waals surface area contributed by atoms with Crippen LogP contribution in [0.2, 0.25) is 0 Å². The minimum atomic E-state index is -0.509. The molecule has 0 unspecified atom stereocenters. The molecule has 0 amide bonds. The summed E-state index contributed by atoms with van der Waals surface area (Å²) < 4.78 is 0. The van der Waals surface area contributed by atoms with Crippen LogP contribution in [0.3, 0.4) is 0 Å². The summed E-state index contributed by atoms with van der Waals surface area (Å²) in [6, 6.07) is 5.32. The zero-order valence-electron chi connectivity index (χ0n) is 10.2. The van der Waals surface area contributed by atoms with Crippen molar-refractivity contribution in [3.05, 3.63) is 23.8 Å². The number of aromatic hydroxyl groups is 1. The molecule has 0 bridgehead atoms. The summed E-state index contributed by atoms with van der Waals surface area (Å²) in [7, 11) is 0. The summed E-state index contributed by atoms with van der Waals surface area (Å²) in [4.78, 5) is 2.30. The molecular formula is C13H20N2O2. The Labute approximate surface area is 102 Å². The number of benzene rings is 1. The number of aliphatic hydroxyl groups is 1. The molecule has 1 aliphatic rings. The van der Waals surface area contributed by atoms with Crippen LogP contribution in [0.5, 0.6) is 5.75 Å². The fourth-order valence-electron chi connectivity index (χ4n) is 2.15. The molecule has 4 N–H and O–H groups in total. The minimum absolute atomic E-state index is 0.135. The highest BCUT2D eigenvalue weighted by Crippen LogP contribution is 2.24. The Bertz CT molecular complexity index is 394. The van der Waals surface area contributed by atoms with Gasteiger partial charge in [-0.25, -0.2) is 0 Å². The van der Waals surface area contributed by atoms with Gasteiger partial charge in [0.25, 0.3) is 0 Å². The van der Waals surface area contributed by atoms with Crippen LogP contribution in [0.4, 0.5) is 5.69 Å². The number of piperidine rings is 1. The lowest BCUT2D eigenvalue weighted by Gasteiger charge is -2.35. The molecule has 2 rings (SSSR count). The third-order valence-electron chi connectivity index (χ3n) is 3.43. The first-order valence-corrected chi connectivity index (χ1v) is 5.98. The number of likely N-dealkylation sites (tertiary alicyclic amines) is 1. The van der Waals surface area contributed by atoms with Gasteiger partial charge in [0, 0.05) is 19.6 Å². The Balaban J connectivity index is 1.95. The Kier molecular flexibility index (Phi) is 3.26. The molecule has 4 heteroatoms. The summed E-state index contributed by atoms with van der Waals surface area (Å²) in [6.45, 7) is 4.50. The van der Waals surface area contributed by atoms with Gasteiger partial charge in [-0.15, -0.1) is 0 Å². The number of anilines is 1. The molecule has 0 saturated carbocycles. The SMILES string of the molecule is CC1(O)CCN(Cc2ccc(O)c(N)c2)CC1. The minimum Gasteiger partial charge on any atom is -0.506 e. The Morgan fingerprint density at radius 2 is 2.00 bits per heavy atom. The molecule has 0 atom stereocenters. The Hall–Kier alpha value is -1.26. The second-order valence-corrected chi connectivity index (χ2v) is 5.17. The number of phenols is 1. The Morgan fingerprint density at radius 1 is 1.35 bits per heavy atom. The van der Waals surface area contributed by atoms with E-state index in [0.717, 1.165) is 38.0 Å². The zero-order chi connectivity index (χ0) is 12.5. The third kappa shape index (κ3) is 3.11. The fourth-order valence-corrected chi connectivity index (χ4v) is 2.15. The lowest BCUT2D eigenvalue weighted by molar-refractivity contribution is -0.00729. The van der Waals surface area contributed by atoms with Gasteiger partial charge in [-0.05, 0) is 37.5 Å². The quantitative estimate of drug-likeness (QED) is 0.535. The Morgan fingerprint density at radius 3 is 2.59 bits per heavy atom. The van der Waals surface area contributed by atoms with Crippen LogP contribution in [0, 0.1) is 0 Å². The van der Waals surface area contributed by atoms with E-state index in [1.165, 1.54) is 0 Å². The number of phenolic OH excluding ortho intramolecular Hbond substituents is 1. The predicted octanol–water partition coefficient (Wildman–Crippen LogP) is 1.32. The van der Waals surface area contributed by atoms with Crippen molar-refractivity contribution < 1.29 is 10.2 Å². The summed E-state index contributed by atoms with van der Waals surface area (Å²) in [6.07, 6.45) is 1.61. The normalized spacial score (nSPS) is 20.4. The smallest absolute Gasteiger partial charge is 0.138 e. The van der Waals surface area contributed by atoms with Crippen LogP contribution in [-0.4, -0.2) is 33.8 Å². The van der Waals surface area contributed by atoms with E-state index in [1.807, 2.05) is 19.1 Å². The van der Waals surface area contributed by atoms with Crippen molar-refractivity contribution in [1.29, 1.82) is 0 Å². The molecule has 4 nitrogen and oxygen atoms in total. The first-order valence-electron chi connectivity index (χ1n) is 5.98. The van der Waals surface area contributed by atoms with Crippen molar-refractivity contribution >= 4 is 5.69 Å². The molecular weight excluding hydrogens is 216 g/mol. The second-order valence-electron chi connectivity index (χ2n) is 5.17. The summed E-state index contributed by atoms with van der Waals surface area (Å²) in [5.74, 6) is 0.135. The molecule has 1 saturated heterocycles. The lowest BCUT2D eigenvalue weighted by atomic mass is 9.93. The van der Waals surface area contributed by atoms with Crippen molar-refractivity contribution in [1.82, 2.24) is 4.90 Å². The van der Waals surface area contributed by atoms with Crippen LogP contribution in [0.25, 0.3) is 0 Å². The molecule has 0 radical (unpaired) electrons. The molecule has 1 heterocycles. The predicted molar refractivity (Wildman–Crippen MR) is 67.7 cm³/mol. The van der Waals surface area contributed by atoms with E-state index >= 15 is 0 Å². The van der Waals surface area contributed by atoms with Gasteiger partial charge in [-0.1, -0.05) is 6.07 Å². The molecule has 1 aromatic rings. The van der Waals surface area contributed by atoms with Gasteiger partial charge in [-0.2, -0.15) is 0 Å². The van der Waals surface area contributed by atoms with Crippen molar-refractivity contribution in [2.75, 3.05) is 18.8 Å². The summed E-state index contributed by atoms with van der Waals surface area (Å²) in [5, 5.41) is 19.2. The van der Waals surface area contributed by atoms with Gasteiger partial charge >= 0.3 is 0 Å². The number of nitrogens with zero attached hydrogens (tertiary/aromatic N) is 1. The fraction of sp³-hybridized carbons (Fsp3) is 0.538. The van der Waals surface area contributed by atoms with Gasteiger partial charge in [0.1, 0.15) is 5.75 Å². The topological polar surface area (TPSA) is 69.7 Å². The molecule has 94 valence electrons. The maximum absolute atomic E-state index is 9.86. The highest BCUT2D eigenvalue weighted by Gasteiger charge is 2.27. The van der Waals surface area contributed by atoms with Crippen LogP contribution < -0.4 is 5.73 Å². The van der Waals surface area contributed by atoms with Crippen molar-refractivity contribution in [3.63, 3.8) is 0 Å². The third-order valence-corrected chi connectivity index (χ3v) is 3.43. The van der Waals surface area contributed by atoms with E-state index in [4.69, 9.17) is 5.73 Å². The zero-order valence-corrected chi connectivity index (χ0v) is 10.2. The number of rotatable bonds is 2. The monoisotopic (exact) mass is 236 g/mol. The number of nitrogens with two attached hydrogens (primary N) is 1. The van der Waals surface area contributed by atoms with E-state index in [2.05, 4.69) is 4.90 Å². The molecule has 1 aliphatic heterocycles. The van der Waals surface area contributed by atoms with Gasteiger partial charge in [0.05, 0.1) is 11.3 Å². The van der Waals surface area contributed by atoms with Gasteiger partial charge in [0.15, 0.2) is 0 Å². The molecule has 1 fully saturated rings. The maximum Gasteiger partial charge on any atom is 0.138 e. The van der Waals surface area contributed by atoms with E-state index < -0.39 is 5.60 Å². The van der Waals surface area contributed by atoms with Crippen molar-refractivity contribution in [2.24, 2.45) is 0 Å².